The molecule has 34 heavy (non-hydrogen) atoms. The highest BCUT2D eigenvalue weighted by atomic mass is 19.1. The Bertz CT molecular complexity index is 1200. The molecule has 0 radical (unpaired) electrons. The predicted molar refractivity (Wildman–Crippen MR) is 139 cm³/mol. The minimum atomic E-state index is -0.170. The number of hydrogen-bond acceptors (Lipinski definition) is 2. The Morgan fingerprint density at radius 2 is 1.62 bits per heavy atom. The summed E-state index contributed by atoms with van der Waals surface area (Å²) in [5.41, 5.74) is 3.97. The van der Waals surface area contributed by atoms with E-state index in [9.17, 15) is 4.39 Å². The van der Waals surface area contributed by atoms with Crippen LogP contribution in [0.3, 0.4) is 0 Å². The van der Waals surface area contributed by atoms with Crippen LogP contribution in [0.1, 0.15) is 42.0 Å². The van der Waals surface area contributed by atoms with Crippen LogP contribution in [-0.4, -0.2) is 24.5 Å². The van der Waals surface area contributed by atoms with Crippen LogP contribution in [0.25, 0.3) is 10.8 Å². The molecule has 1 N–H and O–H groups in total. The van der Waals surface area contributed by atoms with E-state index in [0.29, 0.717) is 11.8 Å². The Morgan fingerprint density at radius 3 is 2.44 bits per heavy atom. The minimum absolute atomic E-state index is 0.170. The second kappa shape index (κ2) is 10.5. The van der Waals surface area contributed by atoms with E-state index in [2.05, 4.69) is 89.9 Å². The summed E-state index contributed by atoms with van der Waals surface area (Å²) in [5.74, 6) is 0.878. The number of fused-ring (bicyclic) bond motifs is 1. The average molecular weight is 453 g/mol. The van der Waals surface area contributed by atoms with Gasteiger partial charge >= 0.3 is 0 Å². The van der Waals surface area contributed by atoms with E-state index < -0.39 is 0 Å². The summed E-state index contributed by atoms with van der Waals surface area (Å²) in [6.45, 7) is 6.21. The maximum atomic E-state index is 13.4. The zero-order chi connectivity index (χ0) is 23.3. The maximum absolute atomic E-state index is 13.4. The lowest BCUT2D eigenvalue weighted by atomic mass is 9.80. The normalized spacial score (nSPS) is 19.8. The molecule has 0 aliphatic carbocycles. The highest BCUT2D eigenvalue weighted by Gasteiger charge is 2.30. The molecule has 0 aromatic heterocycles. The van der Waals surface area contributed by atoms with E-state index in [1.165, 1.54) is 27.5 Å². The Hall–Kier alpha value is -3.01. The number of halogens is 1. The van der Waals surface area contributed by atoms with E-state index >= 15 is 0 Å². The number of benzene rings is 4. The number of rotatable bonds is 7. The van der Waals surface area contributed by atoms with Crippen molar-refractivity contribution in [3.63, 3.8) is 0 Å². The number of nitrogens with zero attached hydrogens (tertiary/aromatic N) is 1. The summed E-state index contributed by atoms with van der Waals surface area (Å²) in [6.07, 6.45) is 1.14. The van der Waals surface area contributed by atoms with Gasteiger partial charge in [-0.3, -0.25) is 4.90 Å². The number of hydrogen-bond donors (Lipinski definition) is 1. The Labute approximate surface area is 202 Å². The quantitative estimate of drug-likeness (QED) is 0.327. The van der Waals surface area contributed by atoms with Gasteiger partial charge in [0.1, 0.15) is 5.82 Å². The minimum Gasteiger partial charge on any atom is -0.310 e. The third-order valence-corrected chi connectivity index (χ3v) is 7.34. The third kappa shape index (κ3) is 5.22. The van der Waals surface area contributed by atoms with E-state index in [1.54, 1.807) is 12.1 Å². The number of piperidine rings is 1. The molecular weight excluding hydrogens is 419 g/mol. The molecule has 174 valence electrons. The zero-order valence-corrected chi connectivity index (χ0v) is 19.8. The molecule has 0 amide bonds. The van der Waals surface area contributed by atoms with Crippen LogP contribution in [0.15, 0.2) is 97.1 Å². The maximum Gasteiger partial charge on any atom is 0.123 e. The summed E-state index contributed by atoms with van der Waals surface area (Å²) in [4.78, 5) is 2.53. The monoisotopic (exact) mass is 452 g/mol. The molecule has 5 rings (SSSR count). The Kier molecular flexibility index (Phi) is 7.03. The highest BCUT2D eigenvalue weighted by Crippen LogP contribution is 2.34. The lowest BCUT2D eigenvalue weighted by Crippen LogP contribution is -2.43. The first-order valence-corrected chi connectivity index (χ1v) is 12.4. The van der Waals surface area contributed by atoms with Crippen molar-refractivity contribution < 1.29 is 4.39 Å². The first-order valence-electron chi connectivity index (χ1n) is 12.4. The van der Waals surface area contributed by atoms with Crippen LogP contribution in [0.2, 0.25) is 0 Å². The van der Waals surface area contributed by atoms with Crippen molar-refractivity contribution in [1.82, 2.24) is 10.2 Å². The van der Waals surface area contributed by atoms with E-state index in [-0.39, 0.29) is 11.9 Å². The van der Waals surface area contributed by atoms with Crippen molar-refractivity contribution in [2.75, 3.05) is 19.6 Å². The second-order valence-corrected chi connectivity index (χ2v) is 9.63. The fourth-order valence-corrected chi connectivity index (χ4v) is 5.51. The van der Waals surface area contributed by atoms with Gasteiger partial charge in [-0.2, -0.15) is 0 Å². The predicted octanol–water partition coefficient (Wildman–Crippen LogP) is 6.94. The van der Waals surface area contributed by atoms with Crippen LogP contribution < -0.4 is 5.32 Å². The molecule has 3 atom stereocenters. The van der Waals surface area contributed by atoms with Gasteiger partial charge in [0, 0.05) is 25.7 Å². The number of nitrogens with one attached hydrogen (secondary N) is 1. The molecule has 1 fully saturated rings. The molecule has 1 heterocycles. The lowest BCUT2D eigenvalue weighted by molar-refractivity contribution is 0.143. The van der Waals surface area contributed by atoms with E-state index in [4.69, 9.17) is 0 Å². The molecule has 2 nitrogen and oxygen atoms in total. The average Bonchev–Trinajstić information content (AvgIpc) is 2.89. The summed E-state index contributed by atoms with van der Waals surface area (Å²) in [5, 5.41) is 6.49. The molecule has 1 aliphatic rings. The first-order chi connectivity index (χ1) is 16.7. The van der Waals surface area contributed by atoms with Gasteiger partial charge in [0.25, 0.3) is 0 Å². The summed E-state index contributed by atoms with van der Waals surface area (Å²) in [6, 6.07) is 33.4. The van der Waals surface area contributed by atoms with E-state index in [1.807, 2.05) is 12.1 Å². The van der Waals surface area contributed by atoms with Crippen molar-refractivity contribution >= 4 is 10.8 Å². The third-order valence-electron chi connectivity index (χ3n) is 7.34. The van der Waals surface area contributed by atoms with Crippen molar-refractivity contribution in [1.29, 1.82) is 0 Å². The van der Waals surface area contributed by atoms with Gasteiger partial charge in [-0.05, 0) is 71.3 Å². The Balaban J connectivity index is 1.32. The second-order valence-electron chi connectivity index (χ2n) is 9.63. The fourth-order valence-electron chi connectivity index (χ4n) is 5.51. The summed E-state index contributed by atoms with van der Waals surface area (Å²) in [7, 11) is 0. The van der Waals surface area contributed by atoms with Gasteiger partial charge in [-0.25, -0.2) is 4.39 Å². The van der Waals surface area contributed by atoms with Crippen LogP contribution in [0, 0.1) is 11.7 Å². The van der Waals surface area contributed by atoms with Crippen LogP contribution in [0.4, 0.5) is 4.39 Å². The van der Waals surface area contributed by atoms with Crippen LogP contribution in [0.5, 0.6) is 0 Å². The van der Waals surface area contributed by atoms with Crippen molar-refractivity contribution in [2.45, 2.75) is 31.8 Å². The fraction of sp³-hybridized carbons (Fsp3) is 0.290. The van der Waals surface area contributed by atoms with Crippen LogP contribution >= 0.6 is 0 Å². The van der Waals surface area contributed by atoms with Gasteiger partial charge in [-0.1, -0.05) is 84.9 Å². The molecule has 1 aliphatic heterocycles. The van der Waals surface area contributed by atoms with Crippen molar-refractivity contribution in [3.8, 4) is 0 Å². The topological polar surface area (TPSA) is 15.3 Å². The largest absolute Gasteiger partial charge is 0.310 e. The SMILES string of the molecule is C[C@@H](NCC1CN(Cc2ccc(F)cc2)CCC1c1ccccc1)c1cccc2ccccc12. The van der Waals surface area contributed by atoms with Crippen molar-refractivity contribution in [2.24, 2.45) is 5.92 Å². The van der Waals surface area contributed by atoms with Gasteiger partial charge in [0.2, 0.25) is 0 Å². The Morgan fingerprint density at radius 1 is 0.882 bits per heavy atom. The first kappa shape index (κ1) is 22.8. The molecule has 0 spiro atoms. The number of likely N-dealkylation sites (tertiary alicyclic amines) is 1. The molecule has 4 aromatic carbocycles. The molecule has 1 saturated heterocycles. The standard InChI is InChI=1S/C31H33FN2/c1-23(29-13-7-11-26-10-5-6-12-31(26)29)33-20-27-22-34(21-24-14-16-28(32)17-15-24)19-18-30(27)25-8-3-2-4-9-25/h2-17,23,27,30,33H,18-22H2,1H3/t23-,27?,30?/m1/s1. The molecule has 4 aromatic rings. The molecular formula is C31H33FN2. The van der Waals surface area contributed by atoms with Crippen molar-refractivity contribution in [3.05, 3.63) is 120 Å². The van der Waals surface area contributed by atoms with Gasteiger partial charge in [0.05, 0.1) is 0 Å². The molecule has 2 unspecified atom stereocenters. The molecule has 3 heteroatoms. The smallest absolute Gasteiger partial charge is 0.123 e. The highest BCUT2D eigenvalue weighted by molar-refractivity contribution is 5.86. The molecule has 0 bridgehead atoms. The summed E-state index contributed by atoms with van der Waals surface area (Å²) >= 11 is 0. The summed E-state index contributed by atoms with van der Waals surface area (Å²) < 4.78 is 13.4. The van der Waals surface area contributed by atoms with Gasteiger partial charge < -0.3 is 5.32 Å². The lowest BCUT2D eigenvalue weighted by Gasteiger charge is -2.39. The van der Waals surface area contributed by atoms with E-state index in [0.717, 1.165) is 32.6 Å². The van der Waals surface area contributed by atoms with Gasteiger partial charge in [0.15, 0.2) is 0 Å². The molecule has 0 saturated carbocycles. The van der Waals surface area contributed by atoms with Gasteiger partial charge in [-0.15, -0.1) is 0 Å². The van der Waals surface area contributed by atoms with Crippen LogP contribution in [-0.2, 0) is 6.54 Å². The zero-order valence-electron chi connectivity index (χ0n) is 19.8.